The second kappa shape index (κ2) is 13.0. The van der Waals surface area contributed by atoms with E-state index in [2.05, 4.69) is 47.2 Å². The van der Waals surface area contributed by atoms with Gasteiger partial charge in [0.1, 0.15) is 5.82 Å². The lowest BCUT2D eigenvalue weighted by Gasteiger charge is -2.37. The smallest absolute Gasteiger partial charge is 0.336 e. The zero-order valence-corrected chi connectivity index (χ0v) is 23.2. The van der Waals surface area contributed by atoms with E-state index in [1.54, 1.807) is 24.3 Å². The zero-order chi connectivity index (χ0) is 23.7. The topological polar surface area (TPSA) is 85.8 Å². The number of nitrogens with one attached hydrogen (secondary N) is 1. The number of piperazine rings is 1. The van der Waals surface area contributed by atoms with Crippen LogP contribution in [-0.4, -0.2) is 48.1 Å². The lowest BCUT2D eigenvalue weighted by molar-refractivity contribution is -0.118. The van der Waals surface area contributed by atoms with Gasteiger partial charge in [0, 0.05) is 48.9 Å². The van der Waals surface area contributed by atoms with E-state index < -0.39 is 5.97 Å². The summed E-state index contributed by atoms with van der Waals surface area (Å²) in [7, 11) is 0. The molecule has 36 heavy (non-hydrogen) atoms. The van der Waals surface area contributed by atoms with Crippen molar-refractivity contribution in [2.24, 2.45) is 5.92 Å². The third-order valence-corrected chi connectivity index (χ3v) is 6.34. The SMILES string of the molecule is Cc1cccc(N2CCN(c3cc(C(=O)O)c4cc(NC(=O)C(C)C)ccc4n3)CC2)c1C.Cl.Cl.Cl. The predicted molar refractivity (Wildman–Crippen MR) is 154 cm³/mol. The second-order valence-electron chi connectivity index (χ2n) is 8.90. The number of hydrogen-bond donors (Lipinski definition) is 2. The molecule has 3 aromatic rings. The van der Waals surface area contributed by atoms with E-state index in [0.29, 0.717) is 22.4 Å². The van der Waals surface area contributed by atoms with Crippen LogP contribution in [-0.2, 0) is 4.79 Å². The Morgan fingerprint density at radius 3 is 2.19 bits per heavy atom. The molecule has 0 saturated carbocycles. The van der Waals surface area contributed by atoms with Gasteiger partial charge in [0.2, 0.25) is 5.91 Å². The molecular weight excluding hydrogens is 523 g/mol. The maximum Gasteiger partial charge on any atom is 0.336 e. The molecule has 10 heteroatoms. The highest BCUT2D eigenvalue weighted by atomic mass is 35.5. The van der Waals surface area contributed by atoms with E-state index >= 15 is 0 Å². The number of hydrogen-bond acceptors (Lipinski definition) is 5. The highest BCUT2D eigenvalue weighted by molar-refractivity contribution is 6.05. The number of halogens is 3. The summed E-state index contributed by atoms with van der Waals surface area (Å²) >= 11 is 0. The number of carbonyl (C=O) groups is 2. The fourth-order valence-corrected chi connectivity index (χ4v) is 4.17. The van der Waals surface area contributed by atoms with Crippen molar-refractivity contribution in [3.8, 4) is 0 Å². The van der Waals surface area contributed by atoms with Crippen molar-refractivity contribution in [2.45, 2.75) is 27.7 Å². The normalized spacial score (nSPS) is 12.9. The number of carboxylic acids is 1. The lowest BCUT2D eigenvalue weighted by Crippen LogP contribution is -2.47. The molecule has 0 atom stereocenters. The molecule has 0 unspecified atom stereocenters. The van der Waals surface area contributed by atoms with Crippen molar-refractivity contribution < 1.29 is 14.7 Å². The molecule has 2 heterocycles. The highest BCUT2D eigenvalue weighted by Gasteiger charge is 2.22. The Balaban J connectivity index is 0.00000216. The summed E-state index contributed by atoms with van der Waals surface area (Å²) in [6.07, 6.45) is 0. The summed E-state index contributed by atoms with van der Waals surface area (Å²) in [6.45, 7) is 11.1. The molecule has 4 rings (SSSR count). The lowest BCUT2D eigenvalue weighted by atomic mass is 10.1. The van der Waals surface area contributed by atoms with Gasteiger partial charge in [-0.25, -0.2) is 9.78 Å². The van der Waals surface area contributed by atoms with Crippen molar-refractivity contribution in [1.82, 2.24) is 4.98 Å². The number of pyridine rings is 1. The van der Waals surface area contributed by atoms with Gasteiger partial charge in [-0.05, 0) is 55.3 Å². The van der Waals surface area contributed by atoms with Crippen LogP contribution in [0.1, 0.15) is 35.3 Å². The first-order valence-electron chi connectivity index (χ1n) is 11.3. The number of aromatic nitrogens is 1. The first-order valence-corrected chi connectivity index (χ1v) is 11.3. The van der Waals surface area contributed by atoms with E-state index in [-0.39, 0.29) is 54.6 Å². The molecule has 0 bridgehead atoms. The molecule has 1 aromatic heterocycles. The molecule has 0 spiro atoms. The van der Waals surface area contributed by atoms with Gasteiger partial charge in [-0.1, -0.05) is 26.0 Å². The van der Waals surface area contributed by atoms with Crippen molar-refractivity contribution in [3.05, 3.63) is 59.2 Å². The molecule has 0 radical (unpaired) electrons. The summed E-state index contributed by atoms with van der Waals surface area (Å²) in [4.78, 5) is 33.4. The fraction of sp³-hybridized carbons (Fsp3) is 0.346. The maximum absolute atomic E-state index is 12.1. The van der Waals surface area contributed by atoms with Crippen LogP contribution in [0.4, 0.5) is 17.2 Å². The van der Waals surface area contributed by atoms with Crippen LogP contribution >= 0.6 is 37.2 Å². The van der Waals surface area contributed by atoms with Gasteiger partial charge in [0.05, 0.1) is 11.1 Å². The fourth-order valence-electron chi connectivity index (χ4n) is 4.17. The standard InChI is InChI=1S/C26H30N4O3.3ClH/c1-16(2)25(31)27-19-8-9-22-20(14-19)21(26(32)33)15-24(28-22)30-12-10-29(11-13-30)23-7-5-6-17(3)18(23)4;;;/h5-9,14-16H,10-13H2,1-4H3,(H,27,31)(H,32,33);3*1H. The number of rotatable bonds is 5. The third kappa shape index (κ3) is 6.52. The number of nitrogens with zero attached hydrogens (tertiary/aromatic N) is 3. The highest BCUT2D eigenvalue weighted by Crippen LogP contribution is 2.29. The molecule has 2 aromatic carbocycles. The minimum atomic E-state index is -1.01. The van der Waals surface area contributed by atoms with E-state index in [0.717, 1.165) is 26.2 Å². The number of amides is 1. The number of aryl methyl sites for hydroxylation is 1. The summed E-state index contributed by atoms with van der Waals surface area (Å²) in [5, 5.41) is 13.2. The predicted octanol–water partition coefficient (Wildman–Crippen LogP) is 5.74. The van der Waals surface area contributed by atoms with Crippen LogP contribution in [0.5, 0.6) is 0 Å². The van der Waals surface area contributed by atoms with Crippen LogP contribution in [0.3, 0.4) is 0 Å². The average molecular weight is 556 g/mol. The van der Waals surface area contributed by atoms with Gasteiger partial charge in [-0.15, -0.1) is 37.2 Å². The van der Waals surface area contributed by atoms with Crippen molar-refractivity contribution in [1.29, 1.82) is 0 Å². The Bertz CT molecular complexity index is 1230. The summed E-state index contributed by atoms with van der Waals surface area (Å²) < 4.78 is 0. The van der Waals surface area contributed by atoms with Crippen LogP contribution in [0.25, 0.3) is 10.9 Å². The Kier molecular flexibility index (Phi) is 11.3. The number of carboxylic acid groups (broad SMARTS) is 1. The van der Waals surface area contributed by atoms with Crippen LogP contribution < -0.4 is 15.1 Å². The average Bonchev–Trinajstić information content (AvgIpc) is 2.80. The number of anilines is 3. The molecule has 1 saturated heterocycles. The summed E-state index contributed by atoms with van der Waals surface area (Å²) in [6, 6.07) is 13.2. The van der Waals surface area contributed by atoms with Crippen LogP contribution in [0.15, 0.2) is 42.5 Å². The summed E-state index contributed by atoms with van der Waals surface area (Å²) in [5.41, 5.74) is 5.19. The molecule has 1 aliphatic heterocycles. The quantitative estimate of drug-likeness (QED) is 0.418. The van der Waals surface area contributed by atoms with Gasteiger partial charge in [0.15, 0.2) is 0 Å². The maximum atomic E-state index is 12.1. The first-order chi connectivity index (χ1) is 15.7. The van der Waals surface area contributed by atoms with Crippen LogP contribution in [0.2, 0.25) is 0 Å². The third-order valence-electron chi connectivity index (χ3n) is 6.34. The minimum Gasteiger partial charge on any atom is -0.478 e. The van der Waals surface area contributed by atoms with Crippen molar-refractivity contribution >= 4 is 77.2 Å². The molecule has 1 fully saturated rings. The van der Waals surface area contributed by atoms with Gasteiger partial charge in [-0.3, -0.25) is 4.79 Å². The molecule has 2 N–H and O–H groups in total. The van der Waals surface area contributed by atoms with Crippen LogP contribution in [0, 0.1) is 19.8 Å². The monoisotopic (exact) mass is 554 g/mol. The number of benzene rings is 2. The number of aromatic carboxylic acids is 1. The molecular formula is C26H33Cl3N4O3. The second-order valence-corrected chi connectivity index (χ2v) is 8.90. The summed E-state index contributed by atoms with van der Waals surface area (Å²) in [5.74, 6) is -0.621. The Hall–Kier alpha value is -2.74. The molecule has 1 aliphatic rings. The molecule has 0 aliphatic carbocycles. The largest absolute Gasteiger partial charge is 0.478 e. The van der Waals surface area contributed by atoms with Crippen molar-refractivity contribution in [3.63, 3.8) is 0 Å². The van der Waals surface area contributed by atoms with Gasteiger partial charge < -0.3 is 20.2 Å². The number of fused-ring (bicyclic) bond motifs is 1. The van der Waals surface area contributed by atoms with E-state index in [1.165, 1.54) is 16.8 Å². The molecule has 1 amide bonds. The Morgan fingerprint density at radius 2 is 1.58 bits per heavy atom. The van der Waals surface area contributed by atoms with E-state index in [4.69, 9.17) is 4.98 Å². The van der Waals surface area contributed by atoms with E-state index in [9.17, 15) is 14.7 Å². The van der Waals surface area contributed by atoms with Gasteiger partial charge in [-0.2, -0.15) is 0 Å². The molecule has 7 nitrogen and oxygen atoms in total. The first kappa shape index (κ1) is 31.3. The minimum absolute atomic E-state index is 0. The van der Waals surface area contributed by atoms with Gasteiger partial charge >= 0.3 is 5.97 Å². The Morgan fingerprint density at radius 1 is 0.944 bits per heavy atom. The Labute approximate surface area is 230 Å². The van der Waals surface area contributed by atoms with Gasteiger partial charge in [0.25, 0.3) is 0 Å². The van der Waals surface area contributed by atoms with Crippen molar-refractivity contribution in [2.75, 3.05) is 41.3 Å². The van der Waals surface area contributed by atoms with E-state index in [1.807, 2.05) is 13.8 Å². The number of carbonyl (C=O) groups excluding carboxylic acids is 1. The zero-order valence-electron chi connectivity index (χ0n) is 20.8. The molecule has 196 valence electrons.